The Labute approximate surface area is 131 Å². The maximum absolute atomic E-state index is 14.3. The second-order valence-electron chi connectivity index (χ2n) is 5.09. The molecule has 0 aliphatic rings. The molecule has 1 atom stereocenters. The molecule has 0 aliphatic heterocycles. The van der Waals surface area contributed by atoms with E-state index in [1.807, 2.05) is 20.8 Å². The van der Waals surface area contributed by atoms with Crippen molar-refractivity contribution in [3.63, 3.8) is 0 Å². The molecular formula is C16H24FNO2S. The molecule has 3 nitrogen and oxygen atoms in total. The smallest absolute Gasteiger partial charge is 0.164 e. The van der Waals surface area contributed by atoms with Crippen molar-refractivity contribution in [2.45, 2.75) is 46.0 Å². The average molecular weight is 313 g/mol. The predicted molar refractivity (Wildman–Crippen MR) is 87.8 cm³/mol. The third kappa shape index (κ3) is 5.50. The van der Waals surface area contributed by atoms with Crippen LogP contribution < -0.4 is 15.2 Å². The first kappa shape index (κ1) is 17.7. The lowest BCUT2D eigenvalue weighted by molar-refractivity contribution is 0.266. The molecule has 21 heavy (non-hydrogen) atoms. The van der Waals surface area contributed by atoms with E-state index < -0.39 is 0 Å². The Morgan fingerprint density at radius 1 is 1.19 bits per heavy atom. The number of thiocarbonyl (C=S) groups is 1. The van der Waals surface area contributed by atoms with E-state index in [1.54, 1.807) is 6.07 Å². The minimum atomic E-state index is -0.311. The van der Waals surface area contributed by atoms with E-state index in [2.05, 4.69) is 0 Å². The van der Waals surface area contributed by atoms with Crippen LogP contribution in [0.3, 0.4) is 0 Å². The quantitative estimate of drug-likeness (QED) is 0.695. The van der Waals surface area contributed by atoms with Gasteiger partial charge in [-0.1, -0.05) is 33.0 Å². The van der Waals surface area contributed by atoms with Crippen molar-refractivity contribution in [3.8, 4) is 11.5 Å². The van der Waals surface area contributed by atoms with Crippen LogP contribution in [0.1, 0.15) is 51.5 Å². The van der Waals surface area contributed by atoms with Crippen LogP contribution in [0.2, 0.25) is 0 Å². The third-order valence-electron chi connectivity index (χ3n) is 3.02. The third-order valence-corrected chi connectivity index (χ3v) is 3.19. The van der Waals surface area contributed by atoms with Crippen LogP contribution >= 0.6 is 12.2 Å². The highest BCUT2D eigenvalue weighted by atomic mass is 32.1. The zero-order valence-electron chi connectivity index (χ0n) is 12.9. The lowest BCUT2D eigenvalue weighted by Gasteiger charge is -2.17. The Morgan fingerprint density at radius 3 is 2.19 bits per heavy atom. The lowest BCUT2D eigenvalue weighted by Crippen LogP contribution is -2.13. The zero-order chi connectivity index (χ0) is 15.8. The van der Waals surface area contributed by atoms with Gasteiger partial charge in [0.25, 0.3) is 0 Å². The van der Waals surface area contributed by atoms with Crippen molar-refractivity contribution in [3.05, 3.63) is 23.5 Å². The molecule has 0 spiro atoms. The second kappa shape index (κ2) is 8.82. The minimum Gasteiger partial charge on any atom is -0.490 e. The molecule has 1 rings (SSSR count). The minimum absolute atomic E-state index is 0.0910. The molecule has 1 aromatic carbocycles. The van der Waals surface area contributed by atoms with Crippen molar-refractivity contribution in [2.24, 2.45) is 5.73 Å². The van der Waals surface area contributed by atoms with E-state index >= 15 is 0 Å². The van der Waals surface area contributed by atoms with E-state index in [9.17, 15) is 4.39 Å². The fourth-order valence-electron chi connectivity index (χ4n) is 1.99. The van der Waals surface area contributed by atoms with E-state index in [4.69, 9.17) is 27.4 Å². The van der Waals surface area contributed by atoms with Gasteiger partial charge in [0.15, 0.2) is 11.5 Å². The molecule has 0 bridgehead atoms. The van der Waals surface area contributed by atoms with E-state index in [0.717, 1.165) is 12.8 Å². The summed E-state index contributed by atoms with van der Waals surface area (Å²) in [6.45, 7) is 7.02. The molecule has 0 saturated carbocycles. The molecule has 118 valence electrons. The summed E-state index contributed by atoms with van der Waals surface area (Å²) in [5.74, 6) is 0.631. The van der Waals surface area contributed by atoms with E-state index in [0.29, 0.717) is 41.7 Å². The predicted octanol–water partition coefficient (Wildman–Crippen LogP) is 4.18. The fraction of sp³-hybridized carbons (Fsp3) is 0.562. The van der Waals surface area contributed by atoms with Crippen LogP contribution in [0.25, 0.3) is 0 Å². The Kier molecular flexibility index (Phi) is 7.43. The number of rotatable bonds is 9. The summed E-state index contributed by atoms with van der Waals surface area (Å²) < 4.78 is 25.5. The van der Waals surface area contributed by atoms with E-state index in [-0.39, 0.29) is 11.7 Å². The topological polar surface area (TPSA) is 44.5 Å². The van der Waals surface area contributed by atoms with Gasteiger partial charge in [-0.25, -0.2) is 4.39 Å². The van der Waals surface area contributed by atoms with Crippen LogP contribution in [0, 0.1) is 5.82 Å². The first-order valence-corrected chi connectivity index (χ1v) is 7.77. The van der Waals surface area contributed by atoms with Crippen molar-refractivity contribution in [2.75, 3.05) is 13.2 Å². The molecule has 0 fully saturated rings. The normalized spacial score (nSPS) is 12.0. The van der Waals surface area contributed by atoms with Gasteiger partial charge in [-0.15, -0.1) is 0 Å². The highest BCUT2D eigenvalue weighted by Gasteiger charge is 2.17. The van der Waals surface area contributed by atoms with Gasteiger partial charge in [0.2, 0.25) is 0 Å². The van der Waals surface area contributed by atoms with Gasteiger partial charge in [0.1, 0.15) is 5.82 Å². The number of hydrogen-bond donors (Lipinski definition) is 1. The maximum atomic E-state index is 14.3. The lowest BCUT2D eigenvalue weighted by atomic mass is 9.96. The zero-order valence-corrected chi connectivity index (χ0v) is 13.8. The molecular weight excluding hydrogens is 289 g/mol. The molecule has 0 aromatic heterocycles. The summed E-state index contributed by atoms with van der Waals surface area (Å²) >= 11 is 4.90. The monoisotopic (exact) mass is 313 g/mol. The molecule has 0 aliphatic carbocycles. The first-order chi connectivity index (χ1) is 9.99. The number of halogens is 1. The van der Waals surface area contributed by atoms with Gasteiger partial charge in [0, 0.05) is 12.5 Å². The van der Waals surface area contributed by atoms with Crippen LogP contribution in [0.4, 0.5) is 4.39 Å². The Morgan fingerprint density at radius 2 is 1.71 bits per heavy atom. The standard InChI is InChI=1S/C16H24FNO2S/c1-4-6-19-14-9-12(11(3)8-16(18)21)13(17)10-15(14)20-7-5-2/h9-11H,4-8H2,1-3H3,(H2,18,21). The summed E-state index contributed by atoms with van der Waals surface area (Å²) in [6, 6.07) is 3.10. The van der Waals surface area contributed by atoms with Gasteiger partial charge >= 0.3 is 0 Å². The summed E-state index contributed by atoms with van der Waals surface area (Å²) in [5.41, 5.74) is 6.10. The molecule has 5 heteroatoms. The van der Waals surface area contributed by atoms with Crippen molar-refractivity contribution >= 4 is 17.2 Å². The average Bonchev–Trinajstić information content (AvgIpc) is 2.42. The molecule has 0 radical (unpaired) electrons. The molecule has 0 amide bonds. The molecule has 2 N–H and O–H groups in total. The highest BCUT2D eigenvalue weighted by molar-refractivity contribution is 7.80. The largest absolute Gasteiger partial charge is 0.490 e. The molecule has 1 aromatic rings. The van der Waals surface area contributed by atoms with Gasteiger partial charge in [-0.3, -0.25) is 0 Å². The van der Waals surface area contributed by atoms with Crippen molar-refractivity contribution in [1.29, 1.82) is 0 Å². The van der Waals surface area contributed by atoms with Crippen LogP contribution in [0.5, 0.6) is 11.5 Å². The number of ether oxygens (including phenoxy) is 2. The highest BCUT2D eigenvalue weighted by Crippen LogP contribution is 2.34. The van der Waals surface area contributed by atoms with Crippen LogP contribution in [0.15, 0.2) is 12.1 Å². The number of benzene rings is 1. The SMILES string of the molecule is CCCOc1cc(F)c(C(C)CC(N)=S)cc1OCCC. The number of nitrogens with two attached hydrogens (primary N) is 1. The number of hydrogen-bond acceptors (Lipinski definition) is 3. The molecule has 0 saturated heterocycles. The molecule has 1 unspecified atom stereocenters. The van der Waals surface area contributed by atoms with Gasteiger partial charge < -0.3 is 15.2 Å². The summed E-state index contributed by atoms with van der Waals surface area (Å²) in [6.07, 6.45) is 2.20. The Hall–Kier alpha value is -1.36. The van der Waals surface area contributed by atoms with Crippen molar-refractivity contribution < 1.29 is 13.9 Å². The second-order valence-corrected chi connectivity index (χ2v) is 5.61. The van der Waals surface area contributed by atoms with E-state index in [1.165, 1.54) is 6.07 Å². The van der Waals surface area contributed by atoms with Gasteiger partial charge in [-0.05, 0) is 30.4 Å². The van der Waals surface area contributed by atoms with Gasteiger partial charge in [0.05, 0.1) is 18.2 Å². The summed E-state index contributed by atoms with van der Waals surface area (Å²) in [7, 11) is 0. The van der Waals surface area contributed by atoms with Crippen molar-refractivity contribution in [1.82, 2.24) is 0 Å². The summed E-state index contributed by atoms with van der Waals surface area (Å²) in [5, 5.41) is 0. The Balaban J connectivity index is 3.06. The Bertz CT molecular complexity index is 480. The van der Waals surface area contributed by atoms with Crippen LogP contribution in [-0.2, 0) is 0 Å². The first-order valence-electron chi connectivity index (χ1n) is 7.36. The van der Waals surface area contributed by atoms with Gasteiger partial charge in [-0.2, -0.15) is 0 Å². The van der Waals surface area contributed by atoms with Crippen LogP contribution in [-0.4, -0.2) is 18.2 Å². The maximum Gasteiger partial charge on any atom is 0.164 e. The summed E-state index contributed by atoms with van der Waals surface area (Å²) in [4.78, 5) is 0.379. The molecule has 0 heterocycles. The fourth-order valence-corrected chi connectivity index (χ4v) is 2.24.